The summed E-state index contributed by atoms with van der Waals surface area (Å²) in [6.07, 6.45) is 0. The molecule has 4 rings (SSSR count). The molecule has 0 spiro atoms. The molecule has 1 atom stereocenters. The van der Waals surface area contributed by atoms with Gasteiger partial charge in [0.2, 0.25) is 5.91 Å². The van der Waals surface area contributed by atoms with E-state index in [1.54, 1.807) is 23.1 Å². The largest absolute Gasteiger partial charge is 0.273 e. The first-order valence-electron chi connectivity index (χ1n) is 6.67. The fourth-order valence-corrected chi connectivity index (χ4v) is 4.69. The maximum atomic E-state index is 12.3. The summed E-state index contributed by atoms with van der Waals surface area (Å²) in [6, 6.07) is 18.1. The van der Waals surface area contributed by atoms with Crippen molar-refractivity contribution in [2.24, 2.45) is 0 Å². The molecule has 0 saturated carbocycles. The van der Waals surface area contributed by atoms with Crippen LogP contribution in [0, 0.1) is 0 Å². The lowest BCUT2D eigenvalue weighted by Crippen LogP contribution is -2.27. The topological polar surface area (TPSA) is 33.2 Å². The number of hydrogen-bond donors (Lipinski definition) is 0. The molecule has 1 saturated heterocycles. The van der Waals surface area contributed by atoms with E-state index in [2.05, 4.69) is 17.1 Å². The van der Waals surface area contributed by atoms with E-state index in [0.717, 1.165) is 20.9 Å². The minimum absolute atomic E-state index is 0.0271. The van der Waals surface area contributed by atoms with E-state index in [0.29, 0.717) is 5.75 Å². The number of para-hydroxylation sites is 1. The first kappa shape index (κ1) is 12.9. The minimum atomic E-state index is 0.0271. The van der Waals surface area contributed by atoms with E-state index >= 15 is 0 Å². The smallest absolute Gasteiger partial charge is 0.240 e. The molecule has 1 amide bonds. The third kappa shape index (κ3) is 2.22. The number of thiazole rings is 1. The number of aromatic nitrogens is 1. The predicted octanol–water partition coefficient (Wildman–Crippen LogP) is 4.07. The van der Waals surface area contributed by atoms with Crippen molar-refractivity contribution in [3.05, 3.63) is 60.2 Å². The summed E-state index contributed by atoms with van der Waals surface area (Å²) in [5.74, 6) is 0.642. The third-order valence-corrected chi connectivity index (χ3v) is 5.69. The molecular weight excluding hydrogens is 300 g/mol. The number of anilines is 1. The van der Waals surface area contributed by atoms with Gasteiger partial charge >= 0.3 is 0 Å². The van der Waals surface area contributed by atoms with E-state index in [-0.39, 0.29) is 11.3 Å². The summed E-state index contributed by atoms with van der Waals surface area (Å²) in [4.78, 5) is 18.8. The molecule has 1 aliphatic rings. The summed E-state index contributed by atoms with van der Waals surface area (Å²) >= 11 is 3.24. The molecule has 2 heterocycles. The van der Waals surface area contributed by atoms with Crippen LogP contribution in [0.25, 0.3) is 10.2 Å². The van der Waals surface area contributed by atoms with Gasteiger partial charge in [-0.2, -0.15) is 0 Å². The molecule has 0 N–H and O–H groups in total. The highest BCUT2D eigenvalue weighted by Gasteiger charge is 2.35. The van der Waals surface area contributed by atoms with Gasteiger partial charge < -0.3 is 0 Å². The standard InChI is InChI=1S/C16H12N2OS2/c19-14-10-20-15(11-6-2-1-3-7-11)18(14)16-17-12-8-4-5-9-13(12)21-16/h1-9,15H,10H2/t15-/m0/s1. The second-order valence-electron chi connectivity index (χ2n) is 4.80. The van der Waals surface area contributed by atoms with E-state index in [1.807, 2.05) is 47.4 Å². The third-order valence-electron chi connectivity index (χ3n) is 3.44. The van der Waals surface area contributed by atoms with Crippen molar-refractivity contribution in [2.45, 2.75) is 5.37 Å². The van der Waals surface area contributed by atoms with E-state index in [1.165, 1.54) is 0 Å². The monoisotopic (exact) mass is 312 g/mol. The number of hydrogen-bond acceptors (Lipinski definition) is 4. The zero-order valence-electron chi connectivity index (χ0n) is 11.1. The second-order valence-corrected chi connectivity index (χ2v) is 6.88. The van der Waals surface area contributed by atoms with Gasteiger partial charge in [-0.3, -0.25) is 9.69 Å². The van der Waals surface area contributed by atoms with Crippen LogP contribution in [-0.2, 0) is 4.79 Å². The fourth-order valence-electron chi connectivity index (χ4n) is 2.46. The highest BCUT2D eigenvalue weighted by Crippen LogP contribution is 2.43. The van der Waals surface area contributed by atoms with Gasteiger partial charge in [-0.05, 0) is 17.7 Å². The molecule has 1 aromatic heterocycles. The number of carbonyl (C=O) groups excluding carboxylic acids is 1. The summed E-state index contributed by atoms with van der Waals surface area (Å²) < 4.78 is 1.11. The lowest BCUT2D eigenvalue weighted by atomic mass is 10.2. The molecular formula is C16H12N2OS2. The van der Waals surface area contributed by atoms with Crippen LogP contribution < -0.4 is 4.90 Å². The molecule has 0 radical (unpaired) electrons. The van der Waals surface area contributed by atoms with Crippen molar-refractivity contribution < 1.29 is 4.79 Å². The summed E-state index contributed by atoms with van der Waals surface area (Å²) in [6.45, 7) is 0. The minimum Gasteiger partial charge on any atom is -0.273 e. The Morgan fingerprint density at radius 3 is 2.62 bits per heavy atom. The molecule has 0 unspecified atom stereocenters. The quantitative estimate of drug-likeness (QED) is 0.715. The van der Waals surface area contributed by atoms with E-state index < -0.39 is 0 Å². The van der Waals surface area contributed by atoms with Gasteiger partial charge in [-0.1, -0.05) is 53.8 Å². The van der Waals surface area contributed by atoms with Crippen LogP contribution in [-0.4, -0.2) is 16.6 Å². The van der Waals surface area contributed by atoms with Gasteiger partial charge in [0.25, 0.3) is 0 Å². The average Bonchev–Trinajstić information content (AvgIpc) is 3.11. The highest BCUT2D eigenvalue weighted by molar-refractivity contribution is 8.00. The Balaban J connectivity index is 1.78. The lowest BCUT2D eigenvalue weighted by Gasteiger charge is -2.21. The van der Waals surface area contributed by atoms with Crippen molar-refractivity contribution in [2.75, 3.05) is 10.7 Å². The Morgan fingerprint density at radius 2 is 1.81 bits per heavy atom. The van der Waals surface area contributed by atoms with Crippen molar-refractivity contribution in [1.29, 1.82) is 0 Å². The Bertz CT molecular complexity index is 767. The van der Waals surface area contributed by atoms with Crippen molar-refractivity contribution >= 4 is 44.4 Å². The molecule has 3 aromatic rings. The Kier molecular flexibility index (Phi) is 3.16. The molecule has 2 aromatic carbocycles. The van der Waals surface area contributed by atoms with Gasteiger partial charge in [0.1, 0.15) is 5.37 Å². The van der Waals surface area contributed by atoms with Crippen LogP contribution in [0.5, 0.6) is 0 Å². The lowest BCUT2D eigenvalue weighted by molar-refractivity contribution is -0.115. The van der Waals surface area contributed by atoms with Crippen molar-refractivity contribution in [3.8, 4) is 0 Å². The fraction of sp³-hybridized carbons (Fsp3) is 0.125. The maximum Gasteiger partial charge on any atom is 0.240 e. The molecule has 3 nitrogen and oxygen atoms in total. The molecule has 0 aliphatic carbocycles. The maximum absolute atomic E-state index is 12.3. The Hall–Kier alpha value is -1.85. The van der Waals surface area contributed by atoms with Crippen LogP contribution >= 0.6 is 23.1 Å². The first-order chi connectivity index (χ1) is 10.3. The number of thioether (sulfide) groups is 1. The SMILES string of the molecule is O=C1CS[C@@H](c2ccccc2)N1c1nc2ccccc2s1. The van der Waals surface area contributed by atoms with Crippen LogP contribution in [0.2, 0.25) is 0 Å². The average molecular weight is 312 g/mol. The molecule has 1 aliphatic heterocycles. The zero-order chi connectivity index (χ0) is 14.2. The van der Waals surface area contributed by atoms with E-state index in [4.69, 9.17) is 0 Å². The van der Waals surface area contributed by atoms with E-state index in [9.17, 15) is 4.79 Å². The predicted molar refractivity (Wildman–Crippen MR) is 88.7 cm³/mol. The normalized spacial score (nSPS) is 18.6. The number of rotatable bonds is 2. The van der Waals surface area contributed by atoms with Crippen molar-refractivity contribution in [3.63, 3.8) is 0 Å². The Morgan fingerprint density at radius 1 is 1.05 bits per heavy atom. The first-order valence-corrected chi connectivity index (χ1v) is 8.53. The highest BCUT2D eigenvalue weighted by atomic mass is 32.2. The van der Waals surface area contributed by atoms with Crippen LogP contribution in [0.15, 0.2) is 54.6 Å². The van der Waals surface area contributed by atoms with Crippen LogP contribution in [0.4, 0.5) is 5.13 Å². The van der Waals surface area contributed by atoms with Gasteiger partial charge in [-0.25, -0.2) is 4.98 Å². The number of amides is 1. The number of carbonyl (C=O) groups is 1. The van der Waals surface area contributed by atoms with Crippen molar-refractivity contribution in [1.82, 2.24) is 4.98 Å². The zero-order valence-corrected chi connectivity index (χ0v) is 12.7. The number of fused-ring (bicyclic) bond motifs is 1. The van der Waals surface area contributed by atoms with Gasteiger partial charge in [-0.15, -0.1) is 11.8 Å². The number of benzene rings is 2. The number of nitrogens with zero attached hydrogens (tertiary/aromatic N) is 2. The van der Waals surface area contributed by atoms with Crippen LogP contribution in [0.1, 0.15) is 10.9 Å². The van der Waals surface area contributed by atoms with Gasteiger partial charge in [0.05, 0.1) is 16.0 Å². The summed E-state index contributed by atoms with van der Waals surface area (Å²) in [7, 11) is 0. The molecule has 1 fully saturated rings. The summed E-state index contributed by atoms with van der Waals surface area (Å²) in [5, 5.41) is 0.819. The molecule has 104 valence electrons. The molecule has 21 heavy (non-hydrogen) atoms. The summed E-state index contributed by atoms with van der Waals surface area (Å²) in [5.41, 5.74) is 2.10. The molecule has 5 heteroatoms. The van der Waals surface area contributed by atoms with Crippen LogP contribution in [0.3, 0.4) is 0 Å². The van der Waals surface area contributed by atoms with Gasteiger partial charge in [0, 0.05) is 0 Å². The molecule has 0 bridgehead atoms. The second kappa shape index (κ2) is 5.16. The Labute approximate surface area is 130 Å². The van der Waals surface area contributed by atoms with Gasteiger partial charge in [0.15, 0.2) is 5.13 Å².